The number of carbonyl (C=O) groups is 1. The van der Waals surface area contributed by atoms with Crippen molar-refractivity contribution in [1.29, 1.82) is 0 Å². The predicted molar refractivity (Wildman–Crippen MR) is 71.0 cm³/mol. The van der Waals surface area contributed by atoms with E-state index in [-0.39, 0.29) is 11.9 Å². The second-order valence-electron chi connectivity index (χ2n) is 4.66. The molecule has 0 saturated heterocycles. The molecule has 100 valence electrons. The Labute approximate surface area is 115 Å². The van der Waals surface area contributed by atoms with Crippen LogP contribution in [0.1, 0.15) is 24.6 Å². The molecule has 6 heteroatoms. The minimum Gasteiger partial charge on any atom is -0.466 e. The molecule has 0 spiro atoms. The molecule has 2 heterocycles. The molecule has 0 unspecified atom stereocenters. The second-order valence-corrected chi connectivity index (χ2v) is 5.02. The Morgan fingerprint density at radius 1 is 1.58 bits per heavy atom. The van der Waals surface area contributed by atoms with Crippen molar-refractivity contribution < 1.29 is 9.53 Å². The molecule has 0 aliphatic heterocycles. The molecular weight excluding hydrogens is 266 g/mol. The number of hydrogen-bond donors (Lipinski definition) is 1. The average molecular weight is 280 g/mol. The highest BCUT2D eigenvalue weighted by Crippen LogP contribution is 2.34. The van der Waals surface area contributed by atoms with E-state index in [1.807, 2.05) is 6.92 Å². The molecule has 0 amide bonds. The maximum absolute atomic E-state index is 11.9. The van der Waals surface area contributed by atoms with Gasteiger partial charge in [0.05, 0.1) is 17.9 Å². The molecule has 2 aromatic rings. The van der Waals surface area contributed by atoms with Crippen LogP contribution in [0.25, 0.3) is 11.0 Å². The summed E-state index contributed by atoms with van der Waals surface area (Å²) in [6, 6.07) is 0. The Morgan fingerprint density at radius 3 is 3.21 bits per heavy atom. The average Bonchev–Trinajstić information content (AvgIpc) is 2.77. The van der Waals surface area contributed by atoms with Gasteiger partial charge in [-0.25, -0.2) is 9.97 Å². The first-order valence-corrected chi connectivity index (χ1v) is 6.75. The number of aryl methyl sites for hydroxylation is 1. The molecule has 3 rings (SSSR count). The van der Waals surface area contributed by atoms with E-state index in [0.29, 0.717) is 18.2 Å². The summed E-state index contributed by atoms with van der Waals surface area (Å²) in [5, 5.41) is 1.28. The molecule has 1 aliphatic rings. The lowest BCUT2D eigenvalue weighted by Gasteiger charge is -2.20. The number of halogens is 1. The summed E-state index contributed by atoms with van der Waals surface area (Å²) in [4.78, 5) is 23.3. The van der Waals surface area contributed by atoms with E-state index in [9.17, 15) is 4.79 Å². The Bertz CT molecular complexity index is 638. The topological polar surface area (TPSA) is 67.9 Å². The number of carbonyl (C=O) groups excluding carboxylic acids is 1. The van der Waals surface area contributed by atoms with Crippen molar-refractivity contribution in [3.8, 4) is 0 Å². The van der Waals surface area contributed by atoms with Gasteiger partial charge in [0.25, 0.3) is 0 Å². The predicted octanol–water partition coefficient (Wildman–Crippen LogP) is 2.28. The van der Waals surface area contributed by atoms with Gasteiger partial charge in [-0.3, -0.25) is 4.79 Å². The van der Waals surface area contributed by atoms with Crippen LogP contribution in [0, 0.1) is 5.92 Å². The van der Waals surface area contributed by atoms with Gasteiger partial charge in [0.15, 0.2) is 0 Å². The van der Waals surface area contributed by atoms with E-state index in [0.717, 1.165) is 35.1 Å². The molecule has 5 nitrogen and oxygen atoms in total. The highest BCUT2D eigenvalue weighted by molar-refractivity contribution is 6.34. The van der Waals surface area contributed by atoms with Crippen molar-refractivity contribution in [2.24, 2.45) is 5.92 Å². The molecule has 0 fully saturated rings. The van der Waals surface area contributed by atoms with Crippen LogP contribution in [-0.2, 0) is 22.4 Å². The van der Waals surface area contributed by atoms with Gasteiger partial charge in [-0.2, -0.15) is 0 Å². The molecule has 0 radical (unpaired) electrons. The van der Waals surface area contributed by atoms with Crippen LogP contribution in [-0.4, -0.2) is 27.5 Å². The summed E-state index contributed by atoms with van der Waals surface area (Å²) >= 11 is 6.14. The fraction of sp³-hybridized carbons (Fsp3) is 0.462. The van der Waals surface area contributed by atoms with Gasteiger partial charge < -0.3 is 9.72 Å². The number of fused-ring (bicyclic) bond motifs is 3. The Balaban J connectivity index is 1.99. The van der Waals surface area contributed by atoms with E-state index in [1.54, 1.807) is 0 Å². The van der Waals surface area contributed by atoms with Gasteiger partial charge in [0, 0.05) is 5.69 Å². The monoisotopic (exact) mass is 279 g/mol. The number of esters is 1. The Morgan fingerprint density at radius 2 is 2.42 bits per heavy atom. The SMILES string of the molecule is CCOC(=O)[C@@H]1CCc2[nH]c3ncnc(Cl)c3c2C1. The number of ether oxygens (including phenoxy) is 1. The first-order valence-electron chi connectivity index (χ1n) is 6.37. The normalized spacial score (nSPS) is 18.3. The zero-order valence-electron chi connectivity index (χ0n) is 10.6. The summed E-state index contributed by atoms with van der Waals surface area (Å²) in [5.74, 6) is -0.224. The van der Waals surface area contributed by atoms with Crippen LogP contribution >= 0.6 is 11.6 Å². The minimum absolute atomic E-state index is 0.0947. The van der Waals surface area contributed by atoms with Crippen LogP contribution < -0.4 is 0 Å². The number of nitrogens with one attached hydrogen (secondary N) is 1. The lowest BCUT2D eigenvalue weighted by atomic mass is 9.87. The van der Waals surface area contributed by atoms with E-state index >= 15 is 0 Å². The Kier molecular flexibility index (Phi) is 3.14. The molecule has 0 saturated carbocycles. The summed E-state index contributed by atoms with van der Waals surface area (Å²) in [6.45, 7) is 2.24. The first kappa shape index (κ1) is 12.4. The fourth-order valence-corrected chi connectivity index (χ4v) is 2.91. The molecule has 0 aromatic carbocycles. The van der Waals surface area contributed by atoms with Gasteiger partial charge in [-0.1, -0.05) is 11.6 Å². The lowest BCUT2D eigenvalue weighted by Crippen LogP contribution is -2.24. The van der Waals surface area contributed by atoms with Crippen LogP contribution in [0.2, 0.25) is 5.15 Å². The van der Waals surface area contributed by atoms with Crippen LogP contribution in [0.15, 0.2) is 6.33 Å². The van der Waals surface area contributed by atoms with E-state index in [2.05, 4.69) is 15.0 Å². The maximum atomic E-state index is 11.9. The van der Waals surface area contributed by atoms with E-state index < -0.39 is 0 Å². The second kappa shape index (κ2) is 4.81. The lowest BCUT2D eigenvalue weighted by molar-refractivity contribution is -0.148. The minimum atomic E-state index is -0.129. The molecular formula is C13H14ClN3O2. The third kappa shape index (κ3) is 2.08. The molecule has 2 aromatic heterocycles. The largest absolute Gasteiger partial charge is 0.466 e. The van der Waals surface area contributed by atoms with Crippen LogP contribution in [0.3, 0.4) is 0 Å². The molecule has 0 bridgehead atoms. The van der Waals surface area contributed by atoms with Crippen molar-refractivity contribution >= 4 is 28.6 Å². The molecule has 19 heavy (non-hydrogen) atoms. The highest BCUT2D eigenvalue weighted by atomic mass is 35.5. The number of rotatable bonds is 2. The van der Waals surface area contributed by atoms with Gasteiger partial charge in [0.2, 0.25) is 0 Å². The summed E-state index contributed by atoms with van der Waals surface area (Å²) in [7, 11) is 0. The van der Waals surface area contributed by atoms with Gasteiger partial charge >= 0.3 is 5.97 Å². The number of nitrogens with zero attached hydrogens (tertiary/aromatic N) is 2. The van der Waals surface area contributed by atoms with E-state index in [1.165, 1.54) is 6.33 Å². The fourth-order valence-electron chi connectivity index (χ4n) is 2.66. The summed E-state index contributed by atoms with van der Waals surface area (Å²) in [5.41, 5.74) is 2.91. The number of H-pyrrole nitrogens is 1. The highest BCUT2D eigenvalue weighted by Gasteiger charge is 2.29. The van der Waals surface area contributed by atoms with Crippen LogP contribution in [0.4, 0.5) is 0 Å². The number of hydrogen-bond acceptors (Lipinski definition) is 4. The van der Waals surface area contributed by atoms with Crippen molar-refractivity contribution in [3.63, 3.8) is 0 Å². The quantitative estimate of drug-likeness (QED) is 0.676. The maximum Gasteiger partial charge on any atom is 0.309 e. The van der Waals surface area contributed by atoms with E-state index in [4.69, 9.17) is 16.3 Å². The zero-order valence-corrected chi connectivity index (χ0v) is 11.3. The van der Waals surface area contributed by atoms with Gasteiger partial charge in [-0.05, 0) is 31.7 Å². The zero-order chi connectivity index (χ0) is 13.4. The summed E-state index contributed by atoms with van der Waals surface area (Å²) < 4.78 is 5.10. The Hall–Kier alpha value is -1.62. The number of aromatic nitrogens is 3. The standard InChI is InChI=1S/C13H14ClN3O2/c1-2-19-13(18)7-3-4-9-8(5-7)10-11(14)15-6-16-12(10)17-9/h6-7H,2-5H2,1H3,(H,15,16,17)/t7-/m1/s1. The van der Waals surface area contributed by atoms with Gasteiger partial charge in [0.1, 0.15) is 17.1 Å². The first-order chi connectivity index (χ1) is 9.20. The number of aromatic amines is 1. The van der Waals surface area contributed by atoms with Crippen molar-refractivity contribution in [3.05, 3.63) is 22.7 Å². The molecule has 1 N–H and O–H groups in total. The molecule has 1 atom stereocenters. The third-order valence-electron chi connectivity index (χ3n) is 3.55. The van der Waals surface area contributed by atoms with Crippen LogP contribution in [0.5, 0.6) is 0 Å². The van der Waals surface area contributed by atoms with Crippen molar-refractivity contribution in [2.45, 2.75) is 26.2 Å². The third-order valence-corrected chi connectivity index (χ3v) is 3.84. The smallest absolute Gasteiger partial charge is 0.309 e. The molecule has 1 aliphatic carbocycles. The van der Waals surface area contributed by atoms with Crippen molar-refractivity contribution in [2.75, 3.05) is 6.61 Å². The van der Waals surface area contributed by atoms with Gasteiger partial charge in [-0.15, -0.1) is 0 Å². The van der Waals surface area contributed by atoms with Crippen molar-refractivity contribution in [1.82, 2.24) is 15.0 Å². The summed E-state index contributed by atoms with van der Waals surface area (Å²) in [6.07, 6.45) is 3.69.